The molecule has 1 aliphatic heterocycles. The molecule has 0 unspecified atom stereocenters. The molecule has 19 heavy (non-hydrogen) atoms. The van der Waals surface area contributed by atoms with E-state index >= 15 is 0 Å². The molecular weight excluding hydrogens is 287 g/mol. The van der Waals surface area contributed by atoms with Gasteiger partial charge in [0.2, 0.25) is 0 Å². The second kappa shape index (κ2) is 5.99. The zero-order valence-corrected chi connectivity index (χ0v) is 12.3. The smallest absolute Gasteiger partial charge is 0.322 e. The summed E-state index contributed by atoms with van der Waals surface area (Å²) < 4.78 is 5.59. The van der Waals surface area contributed by atoms with E-state index < -0.39 is 0 Å². The zero-order chi connectivity index (χ0) is 14.0. The third-order valence-electron chi connectivity index (χ3n) is 2.90. The average Bonchev–Trinajstić information content (AvgIpc) is 2.32. The van der Waals surface area contributed by atoms with Crippen LogP contribution in [0.25, 0.3) is 0 Å². The van der Waals surface area contributed by atoms with Crippen molar-refractivity contribution in [2.45, 2.75) is 26.1 Å². The van der Waals surface area contributed by atoms with Crippen molar-refractivity contribution in [2.75, 3.05) is 18.4 Å². The normalized spacial score (nSPS) is 23.3. The minimum absolute atomic E-state index is 0.0243. The van der Waals surface area contributed by atoms with E-state index in [0.29, 0.717) is 28.8 Å². The number of nitrogens with zero attached hydrogens (tertiary/aromatic N) is 1. The highest BCUT2D eigenvalue weighted by Gasteiger charge is 2.26. The van der Waals surface area contributed by atoms with Crippen molar-refractivity contribution in [3.63, 3.8) is 0 Å². The Morgan fingerprint density at radius 2 is 1.79 bits per heavy atom. The van der Waals surface area contributed by atoms with E-state index in [1.165, 1.54) is 0 Å². The van der Waals surface area contributed by atoms with Crippen LogP contribution in [0.15, 0.2) is 18.2 Å². The lowest BCUT2D eigenvalue weighted by Crippen LogP contribution is -2.49. The van der Waals surface area contributed by atoms with Gasteiger partial charge in [0.05, 0.1) is 27.9 Å². The lowest BCUT2D eigenvalue weighted by atomic mass is 10.2. The van der Waals surface area contributed by atoms with Crippen LogP contribution in [-0.2, 0) is 4.74 Å². The van der Waals surface area contributed by atoms with Crippen LogP contribution < -0.4 is 5.32 Å². The fraction of sp³-hybridized carbons (Fsp3) is 0.462. The molecule has 1 aromatic carbocycles. The highest BCUT2D eigenvalue weighted by molar-refractivity contribution is 6.39. The number of urea groups is 1. The maximum Gasteiger partial charge on any atom is 0.322 e. The van der Waals surface area contributed by atoms with Crippen LogP contribution in [0.3, 0.4) is 0 Å². The summed E-state index contributed by atoms with van der Waals surface area (Å²) in [5, 5.41) is 3.61. The molecule has 0 aliphatic carbocycles. The fourth-order valence-electron chi connectivity index (χ4n) is 2.15. The number of carbonyl (C=O) groups excluding carboxylic acids is 1. The van der Waals surface area contributed by atoms with Gasteiger partial charge in [0.1, 0.15) is 0 Å². The van der Waals surface area contributed by atoms with E-state index in [1.54, 1.807) is 23.1 Å². The summed E-state index contributed by atoms with van der Waals surface area (Å²) in [5.74, 6) is 0. The molecule has 0 saturated carbocycles. The SMILES string of the molecule is C[C@H]1CN(C(=O)Nc2c(Cl)cccc2Cl)C[C@H](C)O1. The van der Waals surface area contributed by atoms with Crippen molar-refractivity contribution >= 4 is 34.9 Å². The van der Waals surface area contributed by atoms with Gasteiger partial charge in [-0.1, -0.05) is 29.3 Å². The summed E-state index contributed by atoms with van der Waals surface area (Å²) in [4.78, 5) is 13.9. The van der Waals surface area contributed by atoms with Crippen molar-refractivity contribution in [2.24, 2.45) is 0 Å². The number of carbonyl (C=O) groups is 1. The molecule has 2 rings (SSSR count). The van der Waals surface area contributed by atoms with E-state index in [9.17, 15) is 4.79 Å². The van der Waals surface area contributed by atoms with E-state index in [0.717, 1.165) is 0 Å². The summed E-state index contributed by atoms with van der Waals surface area (Å²) in [7, 11) is 0. The summed E-state index contributed by atoms with van der Waals surface area (Å²) in [6, 6.07) is 4.90. The molecule has 1 saturated heterocycles. The maximum absolute atomic E-state index is 12.2. The average molecular weight is 303 g/mol. The van der Waals surface area contributed by atoms with Crippen molar-refractivity contribution in [3.8, 4) is 0 Å². The third-order valence-corrected chi connectivity index (χ3v) is 3.53. The Kier molecular flexibility index (Phi) is 4.55. The van der Waals surface area contributed by atoms with Crippen molar-refractivity contribution in [1.29, 1.82) is 0 Å². The summed E-state index contributed by atoms with van der Waals surface area (Å²) in [6.45, 7) is 4.99. The molecule has 1 aromatic rings. The lowest BCUT2D eigenvalue weighted by Gasteiger charge is -2.35. The van der Waals surface area contributed by atoms with E-state index in [4.69, 9.17) is 27.9 Å². The predicted molar refractivity (Wildman–Crippen MR) is 77.1 cm³/mol. The number of para-hydroxylation sites is 1. The highest BCUT2D eigenvalue weighted by atomic mass is 35.5. The number of hydrogen-bond donors (Lipinski definition) is 1. The summed E-state index contributed by atoms with van der Waals surface area (Å²) >= 11 is 12.1. The number of hydrogen-bond acceptors (Lipinski definition) is 2. The number of benzene rings is 1. The quantitative estimate of drug-likeness (QED) is 0.860. The van der Waals surface area contributed by atoms with Crippen LogP contribution in [0, 0.1) is 0 Å². The standard InChI is InChI=1S/C13H16Cl2N2O2/c1-8-6-17(7-9(2)19-8)13(18)16-12-10(14)4-3-5-11(12)15/h3-5,8-9H,6-7H2,1-2H3,(H,16,18)/t8-,9-/m0/s1. The molecule has 1 heterocycles. The van der Waals surface area contributed by atoms with Gasteiger partial charge in [0, 0.05) is 13.1 Å². The number of rotatable bonds is 1. The Morgan fingerprint density at radius 3 is 2.32 bits per heavy atom. The van der Waals surface area contributed by atoms with Gasteiger partial charge in [0.25, 0.3) is 0 Å². The number of nitrogens with one attached hydrogen (secondary N) is 1. The van der Waals surface area contributed by atoms with Crippen LogP contribution in [0.5, 0.6) is 0 Å². The van der Waals surface area contributed by atoms with Crippen LogP contribution in [-0.4, -0.2) is 36.2 Å². The van der Waals surface area contributed by atoms with Gasteiger partial charge < -0.3 is 15.0 Å². The molecule has 4 nitrogen and oxygen atoms in total. The first-order chi connectivity index (χ1) is 8.97. The van der Waals surface area contributed by atoms with Crippen molar-refractivity contribution in [3.05, 3.63) is 28.2 Å². The Labute approximate surface area is 122 Å². The van der Waals surface area contributed by atoms with Crippen LogP contribution >= 0.6 is 23.2 Å². The number of amides is 2. The molecule has 2 atom stereocenters. The van der Waals surface area contributed by atoms with Crippen LogP contribution in [0.2, 0.25) is 10.0 Å². The topological polar surface area (TPSA) is 41.6 Å². The van der Waals surface area contributed by atoms with Crippen LogP contribution in [0.4, 0.5) is 10.5 Å². The lowest BCUT2D eigenvalue weighted by molar-refractivity contribution is -0.0530. The minimum Gasteiger partial charge on any atom is -0.372 e. The number of morpholine rings is 1. The number of anilines is 1. The second-order valence-corrected chi connectivity index (χ2v) is 5.50. The monoisotopic (exact) mass is 302 g/mol. The fourth-order valence-corrected chi connectivity index (χ4v) is 2.64. The minimum atomic E-state index is -0.211. The maximum atomic E-state index is 12.2. The predicted octanol–water partition coefficient (Wildman–Crippen LogP) is 3.63. The van der Waals surface area contributed by atoms with Gasteiger partial charge in [-0.3, -0.25) is 0 Å². The van der Waals surface area contributed by atoms with E-state index in [2.05, 4.69) is 5.32 Å². The van der Waals surface area contributed by atoms with E-state index in [-0.39, 0.29) is 18.2 Å². The van der Waals surface area contributed by atoms with Gasteiger partial charge >= 0.3 is 6.03 Å². The molecule has 1 aliphatic rings. The molecule has 1 N–H and O–H groups in total. The van der Waals surface area contributed by atoms with Crippen molar-refractivity contribution in [1.82, 2.24) is 4.90 Å². The van der Waals surface area contributed by atoms with Gasteiger partial charge in [-0.15, -0.1) is 0 Å². The van der Waals surface area contributed by atoms with Crippen LogP contribution in [0.1, 0.15) is 13.8 Å². The molecule has 104 valence electrons. The first-order valence-electron chi connectivity index (χ1n) is 6.12. The Morgan fingerprint density at radius 1 is 1.26 bits per heavy atom. The molecular formula is C13H16Cl2N2O2. The summed E-state index contributed by atoms with van der Waals surface area (Å²) in [6.07, 6.45) is 0.0486. The first kappa shape index (κ1) is 14.4. The molecule has 1 fully saturated rings. The highest BCUT2D eigenvalue weighted by Crippen LogP contribution is 2.30. The third kappa shape index (κ3) is 3.53. The second-order valence-electron chi connectivity index (χ2n) is 4.69. The van der Waals surface area contributed by atoms with Gasteiger partial charge in [0.15, 0.2) is 0 Å². The Hall–Kier alpha value is -0.970. The zero-order valence-electron chi connectivity index (χ0n) is 10.8. The van der Waals surface area contributed by atoms with Gasteiger partial charge in [-0.25, -0.2) is 4.79 Å². The summed E-state index contributed by atoms with van der Waals surface area (Å²) in [5.41, 5.74) is 0.447. The first-order valence-corrected chi connectivity index (χ1v) is 6.88. The molecule has 2 amide bonds. The molecule has 0 radical (unpaired) electrons. The Bertz CT molecular complexity index is 451. The van der Waals surface area contributed by atoms with E-state index in [1.807, 2.05) is 13.8 Å². The van der Waals surface area contributed by atoms with Crippen molar-refractivity contribution < 1.29 is 9.53 Å². The molecule has 6 heteroatoms. The van der Waals surface area contributed by atoms with Gasteiger partial charge in [-0.05, 0) is 26.0 Å². The molecule has 0 bridgehead atoms. The molecule has 0 spiro atoms. The number of ether oxygens (including phenoxy) is 1. The Balaban J connectivity index is 2.08. The number of halogens is 2. The molecule has 0 aromatic heterocycles. The van der Waals surface area contributed by atoms with Gasteiger partial charge in [-0.2, -0.15) is 0 Å². The largest absolute Gasteiger partial charge is 0.372 e.